The predicted octanol–water partition coefficient (Wildman–Crippen LogP) is 1.37. The van der Waals surface area contributed by atoms with Crippen LogP contribution in [0.5, 0.6) is 0 Å². The second-order valence-electron chi connectivity index (χ2n) is 4.71. The van der Waals surface area contributed by atoms with Gasteiger partial charge in [-0.15, -0.1) is 0 Å². The molecule has 1 atom stereocenters. The van der Waals surface area contributed by atoms with Crippen molar-refractivity contribution >= 4 is 0 Å². The maximum atomic E-state index is 9.87. The minimum absolute atomic E-state index is 0.0478. The minimum atomic E-state index is -0.687. The number of nitrogens with zero attached hydrogens (tertiary/aromatic N) is 2. The van der Waals surface area contributed by atoms with E-state index in [1.165, 1.54) is 0 Å². The molecule has 1 heterocycles. The fraction of sp³-hybridized carbons (Fsp3) is 0.500. The van der Waals surface area contributed by atoms with Crippen molar-refractivity contribution in [1.29, 1.82) is 5.26 Å². The van der Waals surface area contributed by atoms with Crippen molar-refractivity contribution in [1.82, 2.24) is 10.3 Å². The first kappa shape index (κ1) is 12.6. The van der Waals surface area contributed by atoms with Crippen LogP contribution in [0.15, 0.2) is 18.2 Å². The molecule has 0 saturated carbocycles. The Morgan fingerprint density at radius 3 is 2.75 bits per heavy atom. The van der Waals surface area contributed by atoms with Crippen LogP contribution in [0.25, 0.3) is 0 Å². The van der Waals surface area contributed by atoms with E-state index in [9.17, 15) is 5.11 Å². The van der Waals surface area contributed by atoms with Crippen molar-refractivity contribution in [2.45, 2.75) is 32.4 Å². The van der Waals surface area contributed by atoms with Gasteiger partial charge in [0.1, 0.15) is 17.9 Å². The molecular weight excluding hydrogens is 202 g/mol. The highest BCUT2D eigenvalue weighted by Gasteiger charge is 2.14. The van der Waals surface area contributed by atoms with Crippen molar-refractivity contribution in [3.8, 4) is 6.07 Å². The number of nitrogens with one attached hydrogen (secondary N) is 1. The highest BCUT2D eigenvalue weighted by Crippen LogP contribution is 2.11. The average molecular weight is 219 g/mol. The molecule has 0 aromatic carbocycles. The Kier molecular flexibility index (Phi) is 3.99. The third-order valence-corrected chi connectivity index (χ3v) is 2.05. The van der Waals surface area contributed by atoms with Gasteiger partial charge in [-0.3, -0.25) is 0 Å². The molecule has 0 fully saturated rings. The molecule has 4 nitrogen and oxygen atoms in total. The average Bonchev–Trinajstić information content (AvgIpc) is 2.25. The van der Waals surface area contributed by atoms with Crippen molar-refractivity contribution in [3.63, 3.8) is 0 Å². The molecule has 0 saturated heterocycles. The van der Waals surface area contributed by atoms with Gasteiger partial charge >= 0.3 is 0 Å². The Morgan fingerprint density at radius 1 is 1.50 bits per heavy atom. The summed E-state index contributed by atoms with van der Waals surface area (Å²) in [5.74, 6) is 0. The first-order valence-electron chi connectivity index (χ1n) is 5.22. The standard InChI is InChI=1S/C12H17N3O/c1-12(2,3)14-8-11(16)10-6-4-5-9(7-13)15-10/h4-6,11,14,16H,8H2,1-3H3. The molecule has 1 aromatic rings. The van der Waals surface area contributed by atoms with E-state index in [0.29, 0.717) is 17.9 Å². The van der Waals surface area contributed by atoms with Crippen molar-refractivity contribution in [2.75, 3.05) is 6.54 Å². The smallest absolute Gasteiger partial charge is 0.140 e. The lowest BCUT2D eigenvalue weighted by Crippen LogP contribution is -2.38. The lowest BCUT2D eigenvalue weighted by Gasteiger charge is -2.22. The van der Waals surface area contributed by atoms with Gasteiger partial charge in [0.25, 0.3) is 0 Å². The maximum absolute atomic E-state index is 9.87. The molecule has 16 heavy (non-hydrogen) atoms. The zero-order valence-corrected chi connectivity index (χ0v) is 9.86. The zero-order valence-electron chi connectivity index (χ0n) is 9.86. The third kappa shape index (κ3) is 3.97. The zero-order chi connectivity index (χ0) is 12.2. The van der Waals surface area contributed by atoms with Gasteiger partial charge in [-0.1, -0.05) is 6.07 Å². The minimum Gasteiger partial charge on any atom is -0.385 e. The first-order chi connectivity index (χ1) is 7.42. The van der Waals surface area contributed by atoms with Crippen LogP contribution in [0.1, 0.15) is 38.3 Å². The summed E-state index contributed by atoms with van der Waals surface area (Å²) in [6, 6.07) is 7.01. The quantitative estimate of drug-likeness (QED) is 0.805. The molecule has 0 aliphatic heterocycles. The molecule has 1 rings (SSSR count). The molecule has 0 aliphatic rings. The van der Waals surface area contributed by atoms with Crippen LogP contribution in [0, 0.1) is 11.3 Å². The van der Waals surface area contributed by atoms with E-state index in [1.54, 1.807) is 18.2 Å². The Morgan fingerprint density at radius 2 is 2.19 bits per heavy atom. The second kappa shape index (κ2) is 5.06. The van der Waals surface area contributed by atoms with Crippen LogP contribution in [0.4, 0.5) is 0 Å². The summed E-state index contributed by atoms with van der Waals surface area (Å²) in [5.41, 5.74) is 0.802. The fourth-order valence-corrected chi connectivity index (χ4v) is 1.21. The van der Waals surface area contributed by atoms with E-state index in [2.05, 4.69) is 10.3 Å². The largest absolute Gasteiger partial charge is 0.385 e. The lowest BCUT2D eigenvalue weighted by molar-refractivity contribution is 0.159. The van der Waals surface area contributed by atoms with Gasteiger partial charge in [0.15, 0.2) is 0 Å². The van der Waals surface area contributed by atoms with E-state index in [-0.39, 0.29) is 5.54 Å². The molecular formula is C12H17N3O. The van der Waals surface area contributed by atoms with E-state index in [0.717, 1.165) is 0 Å². The van der Waals surface area contributed by atoms with Crippen LogP contribution < -0.4 is 5.32 Å². The summed E-state index contributed by atoms with van der Waals surface area (Å²) >= 11 is 0. The molecule has 1 aromatic heterocycles. The monoisotopic (exact) mass is 219 g/mol. The van der Waals surface area contributed by atoms with Crippen molar-refractivity contribution in [3.05, 3.63) is 29.6 Å². The van der Waals surface area contributed by atoms with E-state index in [4.69, 9.17) is 5.26 Å². The van der Waals surface area contributed by atoms with Crippen LogP contribution in [-0.4, -0.2) is 22.2 Å². The first-order valence-corrected chi connectivity index (χ1v) is 5.22. The summed E-state index contributed by atoms with van der Waals surface area (Å²) in [7, 11) is 0. The molecule has 0 aliphatic carbocycles. The summed E-state index contributed by atoms with van der Waals surface area (Å²) < 4.78 is 0. The van der Waals surface area contributed by atoms with Crippen LogP contribution >= 0.6 is 0 Å². The third-order valence-electron chi connectivity index (χ3n) is 2.05. The van der Waals surface area contributed by atoms with E-state index in [1.807, 2.05) is 26.8 Å². The lowest BCUT2D eigenvalue weighted by atomic mass is 10.1. The Bertz CT molecular complexity index is 390. The summed E-state index contributed by atoms with van der Waals surface area (Å²) in [5, 5.41) is 21.7. The molecule has 0 spiro atoms. The van der Waals surface area contributed by atoms with Crippen molar-refractivity contribution in [2.24, 2.45) is 0 Å². The number of aliphatic hydroxyl groups excluding tert-OH is 1. The Hall–Kier alpha value is -1.44. The molecule has 86 valence electrons. The molecule has 2 N–H and O–H groups in total. The summed E-state index contributed by atoms with van der Waals surface area (Å²) in [6.07, 6.45) is -0.687. The van der Waals surface area contributed by atoms with Gasteiger partial charge in [0.2, 0.25) is 0 Å². The number of β-amino-alcohol motifs (C(OH)–C–C–N with tert-alkyl or cyclic N) is 1. The molecule has 1 unspecified atom stereocenters. The van der Waals surface area contributed by atoms with Gasteiger partial charge in [-0.2, -0.15) is 5.26 Å². The van der Waals surface area contributed by atoms with Gasteiger partial charge < -0.3 is 10.4 Å². The SMILES string of the molecule is CC(C)(C)NCC(O)c1cccc(C#N)n1. The number of hydrogen-bond donors (Lipinski definition) is 2. The number of aliphatic hydroxyl groups is 1. The van der Waals surface area contributed by atoms with Crippen molar-refractivity contribution < 1.29 is 5.11 Å². The Labute approximate surface area is 95.9 Å². The highest BCUT2D eigenvalue weighted by atomic mass is 16.3. The number of rotatable bonds is 3. The normalized spacial score (nSPS) is 13.2. The number of nitriles is 1. The maximum Gasteiger partial charge on any atom is 0.140 e. The predicted molar refractivity (Wildman–Crippen MR) is 61.7 cm³/mol. The molecule has 0 amide bonds. The van der Waals surface area contributed by atoms with Crippen LogP contribution in [-0.2, 0) is 0 Å². The molecule has 4 heteroatoms. The van der Waals surface area contributed by atoms with Gasteiger partial charge in [-0.05, 0) is 32.9 Å². The molecule has 0 bridgehead atoms. The number of hydrogen-bond acceptors (Lipinski definition) is 4. The van der Waals surface area contributed by atoms with Crippen LogP contribution in [0.3, 0.4) is 0 Å². The van der Waals surface area contributed by atoms with Crippen LogP contribution in [0.2, 0.25) is 0 Å². The molecule has 0 radical (unpaired) electrons. The van der Waals surface area contributed by atoms with Gasteiger partial charge in [-0.25, -0.2) is 4.98 Å². The summed E-state index contributed by atoms with van der Waals surface area (Å²) in [4.78, 5) is 4.04. The summed E-state index contributed by atoms with van der Waals surface area (Å²) in [6.45, 7) is 6.50. The van der Waals surface area contributed by atoms with Gasteiger partial charge in [0.05, 0.1) is 5.69 Å². The number of aromatic nitrogens is 1. The van der Waals surface area contributed by atoms with E-state index >= 15 is 0 Å². The fourth-order valence-electron chi connectivity index (χ4n) is 1.21. The Balaban J connectivity index is 2.66. The number of pyridine rings is 1. The second-order valence-corrected chi connectivity index (χ2v) is 4.71. The highest BCUT2D eigenvalue weighted by molar-refractivity contribution is 5.23. The van der Waals surface area contributed by atoms with Gasteiger partial charge in [0, 0.05) is 12.1 Å². The van der Waals surface area contributed by atoms with E-state index < -0.39 is 6.10 Å². The topological polar surface area (TPSA) is 68.9 Å².